The van der Waals surface area contributed by atoms with Gasteiger partial charge in [-0.1, -0.05) is 0 Å². The zero-order valence-corrected chi connectivity index (χ0v) is 6.71. The van der Waals surface area contributed by atoms with Gasteiger partial charge in [0.05, 0.1) is 5.69 Å². The third-order valence-corrected chi connectivity index (χ3v) is 1.56. The summed E-state index contributed by atoms with van der Waals surface area (Å²) >= 11 is 0. The van der Waals surface area contributed by atoms with Crippen molar-refractivity contribution in [2.75, 3.05) is 0 Å². The van der Waals surface area contributed by atoms with Crippen LogP contribution in [0.5, 0.6) is 0 Å². The Morgan fingerprint density at radius 3 is 2.69 bits per heavy atom. The SMILES string of the molecule is NCc1ccc(C=O)c(C(F)F)n1. The van der Waals surface area contributed by atoms with Crippen molar-refractivity contribution in [2.24, 2.45) is 5.73 Å². The molecule has 1 rings (SSSR count). The number of pyridine rings is 1. The maximum Gasteiger partial charge on any atom is 0.281 e. The lowest BCUT2D eigenvalue weighted by molar-refractivity contribution is 0.110. The van der Waals surface area contributed by atoms with Crippen molar-refractivity contribution in [3.8, 4) is 0 Å². The first kappa shape index (κ1) is 9.73. The predicted octanol–water partition coefficient (Wildman–Crippen LogP) is 1.29. The number of aldehydes is 1. The first-order valence-electron chi connectivity index (χ1n) is 3.62. The van der Waals surface area contributed by atoms with Crippen LogP contribution in [0.4, 0.5) is 8.78 Å². The van der Waals surface area contributed by atoms with Crippen LogP contribution in [0.1, 0.15) is 28.2 Å². The van der Waals surface area contributed by atoms with Crippen LogP contribution < -0.4 is 5.73 Å². The lowest BCUT2D eigenvalue weighted by Crippen LogP contribution is -2.05. The largest absolute Gasteiger partial charge is 0.325 e. The van der Waals surface area contributed by atoms with Crippen molar-refractivity contribution >= 4 is 6.29 Å². The van der Waals surface area contributed by atoms with Gasteiger partial charge in [-0.25, -0.2) is 13.8 Å². The number of aromatic nitrogens is 1. The molecule has 0 spiro atoms. The van der Waals surface area contributed by atoms with E-state index in [1.807, 2.05) is 0 Å². The second-order valence-corrected chi connectivity index (χ2v) is 2.40. The van der Waals surface area contributed by atoms with Crippen molar-refractivity contribution in [1.82, 2.24) is 4.98 Å². The molecule has 0 bridgehead atoms. The molecule has 13 heavy (non-hydrogen) atoms. The van der Waals surface area contributed by atoms with E-state index < -0.39 is 12.1 Å². The van der Waals surface area contributed by atoms with Gasteiger partial charge >= 0.3 is 0 Å². The number of hydrogen-bond donors (Lipinski definition) is 1. The molecule has 0 radical (unpaired) electrons. The number of halogens is 2. The Morgan fingerprint density at radius 2 is 2.23 bits per heavy atom. The third kappa shape index (κ3) is 2.06. The van der Waals surface area contributed by atoms with Crippen molar-refractivity contribution in [2.45, 2.75) is 13.0 Å². The monoisotopic (exact) mass is 186 g/mol. The normalized spacial score (nSPS) is 10.5. The Labute approximate surface area is 73.6 Å². The van der Waals surface area contributed by atoms with E-state index in [1.54, 1.807) is 0 Å². The number of carbonyl (C=O) groups excluding carboxylic acids is 1. The molecule has 0 aromatic carbocycles. The molecule has 0 aliphatic heterocycles. The van der Waals surface area contributed by atoms with Crippen LogP contribution in [0.2, 0.25) is 0 Å². The molecule has 0 atom stereocenters. The van der Waals surface area contributed by atoms with E-state index in [0.717, 1.165) is 0 Å². The van der Waals surface area contributed by atoms with Crippen LogP contribution in [0.15, 0.2) is 12.1 Å². The average molecular weight is 186 g/mol. The summed E-state index contributed by atoms with van der Waals surface area (Å²) in [5.41, 5.74) is 4.97. The lowest BCUT2D eigenvalue weighted by atomic mass is 10.2. The zero-order chi connectivity index (χ0) is 9.84. The molecule has 0 fully saturated rings. The maximum atomic E-state index is 12.3. The van der Waals surface area contributed by atoms with Gasteiger partial charge in [-0.2, -0.15) is 0 Å². The van der Waals surface area contributed by atoms with Crippen molar-refractivity contribution in [1.29, 1.82) is 0 Å². The van der Waals surface area contributed by atoms with Gasteiger partial charge in [0.15, 0.2) is 6.29 Å². The minimum absolute atomic E-state index is 0.0822. The molecule has 0 aliphatic rings. The molecule has 1 aromatic rings. The Bertz CT molecular complexity index is 315. The van der Waals surface area contributed by atoms with Gasteiger partial charge in [0.2, 0.25) is 0 Å². The number of carbonyl (C=O) groups is 1. The minimum Gasteiger partial charge on any atom is -0.325 e. The molecule has 0 saturated heterocycles. The summed E-state index contributed by atoms with van der Waals surface area (Å²) in [7, 11) is 0. The predicted molar refractivity (Wildman–Crippen MR) is 42.5 cm³/mol. The molecular formula is C8H8F2N2O. The van der Waals surface area contributed by atoms with Gasteiger partial charge in [-0.05, 0) is 12.1 Å². The van der Waals surface area contributed by atoms with Gasteiger partial charge < -0.3 is 5.73 Å². The van der Waals surface area contributed by atoms with Crippen LogP contribution in [0.25, 0.3) is 0 Å². The van der Waals surface area contributed by atoms with E-state index in [9.17, 15) is 13.6 Å². The quantitative estimate of drug-likeness (QED) is 0.723. The summed E-state index contributed by atoms with van der Waals surface area (Å²) in [4.78, 5) is 13.9. The van der Waals surface area contributed by atoms with Gasteiger partial charge in [-0.3, -0.25) is 4.79 Å². The maximum absolute atomic E-state index is 12.3. The smallest absolute Gasteiger partial charge is 0.281 e. The Morgan fingerprint density at radius 1 is 1.54 bits per heavy atom. The van der Waals surface area contributed by atoms with Gasteiger partial charge in [0.25, 0.3) is 6.43 Å². The van der Waals surface area contributed by atoms with Gasteiger partial charge in [0.1, 0.15) is 5.69 Å². The van der Waals surface area contributed by atoms with Gasteiger partial charge in [0, 0.05) is 12.1 Å². The fourth-order valence-electron chi connectivity index (χ4n) is 0.916. The van der Waals surface area contributed by atoms with Gasteiger partial charge in [-0.15, -0.1) is 0 Å². The van der Waals surface area contributed by atoms with E-state index in [-0.39, 0.29) is 12.1 Å². The molecule has 5 heteroatoms. The molecule has 0 aliphatic carbocycles. The van der Waals surface area contributed by atoms with E-state index in [1.165, 1.54) is 12.1 Å². The summed E-state index contributed by atoms with van der Waals surface area (Å²) in [6.45, 7) is 0.0822. The Kier molecular flexibility index (Phi) is 3.02. The lowest BCUT2D eigenvalue weighted by Gasteiger charge is -2.04. The zero-order valence-electron chi connectivity index (χ0n) is 6.71. The Hall–Kier alpha value is -1.36. The molecule has 0 unspecified atom stereocenters. The van der Waals surface area contributed by atoms with Crippen LogP contribution >= 0.6 is 0 Å². The fraction of sp³-hybridized carbons (Fsp3) is 0.250. The average Bonchev–Trinajstić information content (AvgIpc) is 2.16. The standard InChI is InChI=1S/C8H8F2N2O/c9-8(10)7-5(4-13)1-2-6(3-11)12-7/h1-2,4,8H,3,11H2. The van der Waals surface area contributed by atoms with E-state index in [0.29, 0.717) is 12.0 Å². The van der Waals surface area contributed by atoms with E-state index in [2.05, 4.69) is 4.98 Å². The molecule has 0 amide bonds. The molecule has 1 aromatic heterocycles. The fourth-order valence-corrected chi connectivity index (χ4v) is 0.916. The number of rotatable bonds is 3. The third-order valence-electron chi connectivity index (χ3n) is 1.56. The van der Waals surface area contributed by atoms with Crippen LogP contribution in [0, 0.1) is 0 Å². The summed E-state index contributed by atoms with van der Waals surface area (Å²) in [6.07, 6.45) is -2.39. The summed E-state index contributed by atoms with van der Waals surface area (Å²) in [5, 5.41) is 0. The van der Waals surface area contributed by atoms with Crippen LogP contribution in [0.3, 0.4) is 0 Å². The number of nitrogens with two attached hydrogens (primary N) is 1. The second kappa shape index (κ2) is 4.04. The molecule has 2 N–H and O–H groups in total. The number of nitrogens with zero attached hydrogens (tertiary/aromatic N) is 1. The molecule has 0 saturated carbocycles. The van der Waals surface area contributed by atoms with E-state index in [4.69, 9.17) is 5.73 Å². The second-order valence-electron chi connectivity index (χ2n) is 2.40. The first-order valence-corrected chi connectivity index (χ1v) is 3.62. The van der Waals surface area contributed by atoms with Crippen molar-refractivity contribution in [3.05, 3.63) is 29.1 Å². The van der Waals surface area contributed by atoms with E-state index >= 15 is 0 Å². The van der Waals surface area contributed by atoms with Crippen molar-refractivity contribution in [3.63, 3.8) is 0 Å². The summed E-state index contributed by atoms with van der Waals surface area (Å²) in [5.74, 6) is 0. The molecular weight excluding hydrogens is 178 g/mol. The molecule has 3 nitrogen and oxygen atoms in total. The highest BCUT2D eigenvalue weighted by atomic mass is 19.3. The highest BCUT2D eigenvalue weighted by molar-refractivity contribution is 5.76. The molecule has 70 valence electrons. The molecule has 1 heterocycles. The van der Waals surface area contributed by atoms with Crippen molar-refractivity contribution < 1.29 is 13.6 Å². The van der Waals surface area contributed by atoms with Crippen LogP contribution in [-0.4, -0.2) is 11.3 Å². The van der Waals surface area contributed by atoms with Crippen LogP contribution in [-0.2, 0) is 6.54 Å². The topological polar surface area (TPSA) is 56.0 Å². The number of hydrogen-bond acceptors (Lipinski definition) is 3. The Balaban J connectivity index is 3.17. The highest BCUT2D eigenvalue weighted by Crippen LogP contribution is 2.19. The first-order chi connectivity index (χ1) is 6.19. The highest BCUT2D eigenvalue weighted by Gasteiger charge is 2.14. The minimum atomic E-state index is -2.74. The summed E-state index contributed by atoms with van der Waals surface area (Å²) < 4.78 is 24.5. The number of alkyl halides is 2. The summed E-state index contributed by atoms with van der Waals surface area (Å²) in [6, 6.07) is 2.75.